The molecule has 172 valence electrons. The van der Waals surface area contributed by atoms with Gasteiger partial charge in [-0.05, 0) is 26.3 Å². The first-order valence-electron chi connectivity index (χ1n) is 11.4. The Hall–Kier alpha value is -3.23. The van der Waals surface area contributed by atoms with E-state index < -0.39 is 29.2 Å². The van der Waals surface area contributed by atoms with Crippen LogP contribution in [0.15, 0.2) is 23.5 Å². The van der Waals surface area contributed by atoms with Crippen LogP contribution in [0.2, 0.25) is 0 Å². The number of aromatic nitrogens is 3. The summed E-state index contributed by atoms with van der Waals surface area (Å²) in [4.78, 5) is 29.4. The molecule has 9 nitrogen and oxygen atoms in total. The van der Waals surface area contributed by atoms with Crippen LogP contribution in [-0.4, -0.2) is 51.0 Å². The largest absolute Gasteiger partial charge is 0.463 e. The van der Waals surface area contributed by atoms with Crippen LogP contribution < -0.4 is 15.8 Å². The molecule has 1 aliphatic carbocycles. The van der Waals surface area contributed by atoms with Crippen LogP contribution >= 0.6 is 11.8 Å². The number of amidine groups is 1. The summed E-state index contributed by atoms with van der Waals surface area (Å²) >= 11 is 1.23. The van der Waals surface area contributed by atoms with Crippen molar-refractivity contribution in [2.75, 3.05) is 25.6 Å². The molecule has 3 heterocycles. The van der Waals surface area contributed by atoms with Crippen LogP contribution in [0, 0.1) is 31.1 Å². The van der Waals surface area contributed by atoms with E-state index >= 15 is 0 Å². The molecular formula is C22H23FN6O3S. The summed E-state index contributed by atoms with van der Waals surface area (Å²) in [5, 5.41) is 2.84. The number of halogens is 1. The number of pyridine rings is 1. The number of nitrogens with one attached hydrogen (secondary N) is 1. The first-order valence-corrected chi connectivity index (χ1v) is 10.7. The molecule has 2 aliphatic rings. The Labute approximate surface area is 199 Å². The van der Waals surface area contributed by atoms with E-state index in [1.165, 1.54) is 30.2 Å². The molecule has 0 saturated heterocycles. The van der Waals surface area contributed by atoms with E-state index in [9.17, 15) is 9.18 Å². The van der Waals surface area contributed by atoms with Crippen molar-refractivity contribution in [1.29, 1.82) is 0 Å². The van der Waals surface area contributed by atoms with Crippen molar-refractivity contribution >= 4 is 28.5 Å². The maximum absolute atomic E-state index is 15.0. The average molecular weight is 474 g/mol. The van der Waals surface area contributed by atoms with Crippen molar-refractivity contribution in [2.24, 2.45) is 16.6 Å². The number of amides is 1. The zero-order chi connectivity index (χ0) is 26.3. The zero-order valence-electron chi connectivity index (χ0n) is 20.9. The molecular weight excluding hydrogens is 447 g/mol. The molecule has 1 fully saturated rings. The van der Waals surface area contributed by atoms with Crippen molar-refractivity contribution in [3.8, 4) is 18.2 Å². The zero-order valence-corrected chi connectivity index (χ0v) is 18.7. The van der Waals surface area contributed by atoms with Gasteiger partial charge in [0.25, 0.3) is 5.91 Å². The van der Waals surface area contributed by atoms with Gasteiger partial charge in [0, 0.05) is 18.5 Å². The number of terminal acetylenes is 1. The molecule has 1 amide bonds. The van der Waals surface area contributed by atoms with Gasteiger partial charge in [0.15, 0.2) is 11.8 Å². The highest BCUT2D eigenvalue weighted by atomic mass is 32.2. The maximum atomic E-state index is 15.0. The van der Waals surface area contributed by atoms with E-state index in [0.717, 1.165) is 0 Å². The molecule has 11 heteroatoms. The molecule has 2 aromatic rings. The molecule has 3 atom stereocenters. The Kier molecular flexibility index (Phi) is 5.02. The summed E-state index contributed by atoms with van der Waals surface area (Å²) in [5.74, 6) is 0.884. The number of hydrogen-bond donors (Lipinski definition) is 2. The van der Waals surface area contributed by atoms with Gasteiger partial charge >= 0.3 is 0 Å². The van der Waals surface area contributed by atoms with E-state index in [2.05, 4.69) is 31.2 Å². The van der Waals surface area contributed by atoms with Gasteiger partial charge in [-0.1, -0.05) is 17.7 Å². The monoisotopic (exact) mass is 473 g/mol. The molecule has 0 bridgehead atoms. The lowest BCUT2D eigenvalue weighted by Gasteiger charge is -2.33. The highest BCUT2D eigenvalue weighted by molar-refractivity contribution is 8.15. The second-order valence-corrected chi connectivity index (χ2v) is 9.40. The first-order chi connectivity index (χ1) is 16.9. The molecule has 1 aliphatic heterocycles. The number of fused-ring (bicyclic) bond motifs is 1. The Morgan fingerprint density at radius 3 is 3.06 bits per heavy atom. The van der Waals surface area contributed by atoms with Gasteiger partial charge in [0.05, 0.1) is 44.8 Å². The van der Waals surface area contributed by atoms with Crippen LogP contribution in [0.4, 0.5) is 10.1 Å². The number of aryl methyl sites for hydroxylation is 1. The molecule has 3 N–H and O–H groups in total. The Balaban J connectivity index is 1.57. The third-order valence-corrected chi connectivity index (χ3v) is 7.03. The predicted octanol–water partition coefficient (Wildman–Crippen LogP) is 2.27. The lowest BCUT2D eigenvalue weighted by Crippen LogP contribution is -2.38. The van der Waals surface area contributed by atoms with Crippen molar-refractivity contribution in [2.45, 2.75) is 30.6 Å². The van der Waals surface area contributed by atoms with Crippen LogP contribution in [0.5, 0.6) is 5.88 Å². The summed E-state index contributed by atoms with van der Waals surface area (Å²) in [6.45, 7) is 3.22. The normalized spacial score (nSPS) is 27.2. The fraction of sp³-hybridized carbons (Fsp3) is 0.409. The van der Waals surface area contributed by atoms with Gasteiger partial charge in [-0.2, -0.15) is 4.39 Å². The molecule has 33 heavy (non-hydrogen) atoms. The number of rotatable bonds is 7. The summed E-state index contributed by atoms with van der Waals surface area (Å²) < 4.78 is 46.6. The second-order valence-electron chi connectivity index (χ2n) is 7.96. The number of hydrogen-bond acceptors (Lipinski definition) is 9. The number of anilines is 1. The molecule has 0 radical (unpaired) electrons. The number of nitrogens with zero attached hydrogens (tertiary/aromatic N) is 4. The predicted molar refractivity (Wildman–Crippen MR) is 123 cm³/mol. The minimum atomic E-state index is -2.56. The summed E-state index contributed by atoms with van der Waals surface area (Å²) in [6, 6.07) is 1.44. The van der Waals surface area contributed by atoms with E-state index in [-0.39, 0.29) is 47.1 Å². The van der Waals surface area contributed by atoms with Gasteiger partial charge in [-0.3, -0.25) is 9.79 Å². The van der Waals surface area contributed by atoms with Crippen LogP contribution in [0.1, 0.15) is 39.2 Å². The summed E-state index contributed by atoms with van der Waals surface area (Å²) in [7, 11) is -2.56. The Morgan fingerprint density at radius 2 is 2.33 bits per heavy atom. The number of ether oxygens (including phenoxy) is 2. The van der Waals surface area contributed by atoms with E-state index in [1.54, 1.807) is 13.8 Å². The standard InChI is InChI=1S/C22H23FN6O3S/c1-5-6-32-16-10-25-17(12(2)27-16)19(30)28-13-7-14(18(23)26-9-13)21(3)15-8-22(15,11-31-4)33-20(24)29-21/h1,7,9-10,15H,6,8,11H2,2-4H3,(H2,24,29)(H,28,30)/t15-,21+,22+/m0/s1/i4D3. The number of aliphatic imine (C=N–C) groups is 1. The smallest absolute Gasteiger partial charge is 0.276 e. The Bertz CT molecular complexity index is 1290. The van der Waals surface area contributed by atoms with Crippen LogP contribution in [0.3, 0.4) is 0 Å². The van der Waals surface area contributed by atoms with Gasteiger partial charge in [-0.25, -0.2) is 15.0 Å². The third kappa shape index (κ3) is 4.24. The minimum Gasteiger partial charge on any atom is -0.463 e. The van der Waals surface area contributed by atoms with E-state index in [4.69, 9.17) is 25.7 Å². The quantitative estimate of drug-likeness (QED) is 0.464. The van der Waals surface area contributed by atoms with Crippen molar-refractivity contribution in [3.05, 3.63) is 41.4 Å². The molecule has 1 saturated carbocycles. The highest BCUT2D eigenvalue weighted by Gasteiger charge is 2.66. The third-order valence-electron chi connectivity index (χ3n) is 5.76. The number of carbonyl (C=O) groups is 1. The van der Waals surface area contributed by atoms with E-state index in [1.807, 2.05) is 0 Å². The number of nitrogens with two attached hydrogens (primary N) is 1. The lowest BCUT2D eigenvalue weighted by molar-refractivity contribution is 0.102. The number of methoxy groups -OCH3 is 1. The number of thioether (sulfide) groups is 1. The summed E-state index contributed by atoms with van der Waals surface area (Å²) in [5.41, 5.74) is 5.60. The molecule has 2 aromatic heterocycles. The molecule has 4 rings (SSSR count). The fourth-order valence-corrected chi connectivity index (χ4v) is 5.53. The van der Waals surface area contributed by atoms with Gasteiger partial charge in [0.2, 0.25) is 11.8 Å². The maximum Gasteiger partial charge on any atom is 0.276 e. The summed E-state index contributed by atoms with van der Waals surface area (Å²) in [6.07, 6.45) is 8.13. The topological polar surface area (TPSA) is 125 Å². The first kappa shape index (κ1) is 19.3. The van der Waals surface area contributed by atoms with Gasteiger partial charge in [-0.15, -0.1) is 6.42 Å². The van der Waals surface area contributed by atoms with Crippen molar-refractivity contribution in [1.82, 2.24) is 15.0 Å². The fourth-order valence-electron chi connectivity index (χ4n) is 4.14. The van der Waals surface area contributed by atoms with Gasteiger partial charge in [0.1, 0.15) is 5.69 Å². The Morgan fingerprint density at radius 1 is 1.52 bits per heavy atom. The molecule has 0 spiro atoms. The van der Waals surface area contributed by atoms with Crippen LogP contribution in [0.25, 0.3) is 0 Å². The van der Waals surface area contributed by atoms with Crippen LogP contribution in [-0.2, 0) is 10.3 Å². The lowest BCUT2D eigenvalue weighted by atomic mass is 9.86. The minimum absolute atomic E-state index is 0.0125. The van der Waals surface area contributed by atoms with E-state index in [0.29, 0.717) is 12.1 Å². The van der Waals surface area contributed by atoms with Gasteiger partial charge < -0.3 is 20.5 Å². The van der Waals surface area contributed by atoms with Crippen molar-refractivity contribution in [3.63, 3.8) is 0 Å². The SMILES string of the molecule is [2H]C([2H])([2H])OC[C@]12C[C@H]1[C@@](C)(c1cc(NC(=O)c3ncc(OCC#C)nc3C)cnc1F)N=C(N)S2. The number of carbonyl (C=O) groups excluding carboxylic acids is 1. The molecule has 0 unspecified atom stereocenters. The molecule has 0 aromatic carbocycles. The average Bonchev–Trinajstić information content (AvgIpc) is 3.53. The highest BCUT2D eigenvalue weighted by Crippen LogP contribution is 2.65. The second kappa shape index (κ2) is 8.61. The van der Waals surface area contributed by atoms with Crippen molar-refractivity contribution < 1.29 is 22.8 Å².